The lowest BCUT2D eigenvalue weighted by molar-refractivity contribution is 0.355. The van der Waals surface area contributed by atoms with Crippen molar-refractivity contribution in [2.75, 3.05) is 14.2 Å². The lowest BCUT2D eigenvalue weighted by Crippen LogP contribution is -1.91. The second-order valence-electron chi connectivity index (χ2n) is 4.94. The monoisotopic (exact) mass is 295 g/mol. The Balaban J connectivity index is 1.95. The van der Waals surface area contributed by atoms with Crippen LogP contribution in [0.15, 0.2) is 42.5 Å². The fourth-order valence-corrected chi connectivity index (χ4v) is 2.21. The van der Waals surface area contributed by atoms with Crippen molar-refractivity contribution in [2.24, 2.45) is 0 Å². The molecule has 1 heterocycles. The van der Waals surface area contributed by atoms with Gasteiger partial charge < -0.3 is 9.47 Å². The van der Waals surface area contributed by atoms with E-state index in [9.17, 15) is 0 Å². The highest BCUT2D eigenvalue weighted by molar-refractivity contribution is 5.64. The molecule has 0 spiro atoms. The number of H-pyrrole nitrogens is 1. The van der Waals surface area contributed by atoms with Crippen LogP contribution in [0, 0.1) is 6.92 Å². The molecule has 0 aliphatic carbocycles. The summed E-state index contributed by atoms with van der Waals surface area (Å²) < 4.78 is 10.6. The predicted molar refractivity (Wildman–Crippen MR) is 85.1 cm³/mol. The number of methoxy groups -OCH3 is 2. The van der Waals surface area contributed by atoms with Gasteiger partial charge in [-0.3, -0.25) is 5.10 Å². The van der Waals surface area contributed by atoms with Crippen LogP contribution in [0.25, 0.3) is 22.8 Å². The van der Waals surface area contributed by atoms with Crippen LogP contribution in [-0.2, 0) is 0 Å². The number of nitrogens with zero attached hydrogens (tertiary/aromatic N) is 2. The van der Waals surface area contributed by atoms with Crippen LogP contribution in [0.5, 0.6) is 11.5 Å². The number of aryl methyl sites for hydroxylation is 1. The van der Waals surface area contributed by atoms with Gasteiger partial charge in [0.15, 0.2) is 23.1 Å². The first kappa shape index (κ1) is 14.1. The third kappa shape index (κ3) is 2.65. The van der Waals surface area contributed by atoms with Crippen LogP contribution < -0.4 is 9.47 Å². The largest absolute Gasteiger partial charge is 0.493 e. The zero-order valence-corrected chi connectivity index (χ0v) is 12.8. The smallest absolute Gasteiger partial charge is 0.181 e. The topological polar surface area (TPSA) is 60.0 Å². The van der Waals surface area contributed by atoms with E-state index < -0.39 is 0 Å². The fourth-order valence-electron chi connectivity index (χ4n) is 2.21. The molecule has 1 aromatic heterocycles. The number of aromatic nitrogens is 3. The number of nitrogens with one attached hydrogen (secondary N) is 1. The van der Waals surface area contributed by atoms with Crippen molar-refractivity contribution < 1.29 is 9.47 Å². The van der Waals surface area contributed by atoms with Gasteiger partial charge in [-0.25, -0.2) is 4.98 Å². The van der Waals surface area contributed by atoms with E-state index in [1.54, 1.807) is 14.2 Å². The summed E-state index contributed by atoms with van der Waals surface area (Å²) in [7, 11) is 3.22. The first-order valence-electron chi connectivity index (χ1n) is 6.93. The lowest BCUT2D eigenvalue weighted by Gasteiger charge is -2.07. The number of benzene rings is 2. The minimum absolute atomic E-state index is 0.622. The van der Waals surface area contributed by atoms with Gasteiger partial charge in [0, 0.05) is 11.1 Å². The summed E-state index contributed by atoms with van der Waals surface area (Å²) in [5.74, 6) is 2.70. The zero-order valence-electron chi connectivity index (χ0n) is 12.8. The molecule has 0 aliphatic heterocycles. The molecular formula is C17H17N3O2. The standard InChI is InChI=1S/C17H17N3O2/c1-11-4-6-12(7-5-11)16-18-17(20-19-16)13-8-9-14(21-2)15(10-13)22-3/h4-10H,1-3H3,(H,18,19,20). The first-order valence-corrected chi connectivity index (χ1v) is 6.93. The molecule has 0 saturated carbocycles. The Hall–Kier alpha value is -2.82. The van der Waals surface area contributed by atoms with E-state index >= 15 is 0 Å². The lowest BCUT2D eigenvalue weighted by atomic mass is 10.1. The Bertz CT molecular complexity index is 779. The van der Waals surface area contributed by atoms with E-state index in [4.69, 9.17) is 9.47 Å². The van der Waals surface area contributed by atoms with Gasteiger partial charge in [0.05, 0.1) is 14.2 Å². The maximum atomic E-state index is 5.31. The molecule has 0 bridgehead atoms. The number of hydrogen-bond acceptors (Lipinski definition) is 4. The van der Waals surface area contributed by atoms with Gasteiger partial charge in [0.1, 0.15) is 0 Å². The molecule has 3 rings (SSSR count). The molecule has 0 fully saturated rings. The summed E-state index contributed by atoms with van der Waals surface area (Å²) in [5.41, 5.74) is 3.08. The van der Waals surface area contributed by atoms with Crippen molar-refractivity contribution in [3.8, 4) is 34.3 Å². The van der Waals surface area contributed by atoms with Crippen LogP contribution in [-0.4, -0.2) is 29.4 Å². The molecule has 3 aromatic rings. The van der Waals surface area contributed by atoms with Crippen molar-refractivity contribution in [1.82, 2.24) is 15.2 Å². The third-order valence-corrected chi connectivity index (χ3v) is 3.45. The fraction of sp³-hybridized carbons (Fsp3) is 0.176. The Morgan fingerprint density at radius 3 is 2.23 bits per heavy atom. The molecule has 112 valence electrons. The van der Waals surface area contributed by atoms with Gasteiger partial charge >= 0.3 is 0 Å². The molecule has 5 nitrogen and oxygen atoms in total. The normalized spacial score (nSPS) is 10.5. The van der Waals surface area contributed by atoms with Crippen LogP contribution in [0.4, 0.5) is 0 Å². The van der Waals surface area contributed by atoms with Gasteiger partial charge in [-0.05, 0) is 25.1 Å². The van der Waals surface area contributed by atoms with Crippen molar-refractivity contribution in [3.63, 3.8) is 0 Å². The van der Waals surface area contributed by atoms with Gasteiger partial charge in [0.2, 0.25) is 0 Å². The molecule has 0 amide bonds. The van der Waals surface area contributed by atoms with Gasteiger partial charge in [-0.15, -0.1) is 0 Å². The Morgan fingerprint density at radius 2 is 1.55 bits per heavy atom. The van der Waals surface area contributed by atoms with E-state index in [1.165, 1.54) is 5.56 Å². The third-order valence-electron chi connectivity index (χ3n) is 3.45. The average molecular weight is 295 g/mol. The zero-order chi connectivity index (χ0) is 15.5. The van der Waals surface area contributed by atoms with Crippen LogP contribution in [0.1, 0.15) is 5.56 Å². The number of hydrogen-bond donors (Lipinski definition) is 1. The van der Waals surface area contributed by atoms with E-state index in [2.05, 4.69) is 22.1 Å². The second-order valence-corrected chi connectivity index (χ2v) is 4.94. The number of ether oxygens (including phenoxy) is 2. The summed E-state index contributed by atoms with van der Waals surface area (Å²) in [4.78, 5) is 4.55. The Kier molecular flexibility index (Phi) is 3.78. The molecule has 5 heteroatoms. The summed E-state index contributed by atoms with van der Waals surface area (Å²) >= 11 is 0. The van der Waals surface area contributed by atoms with E-state index in [0.717, 1.165) is 17.0 Å². The highest BCUT2D eigenvalue weighted by atomic mass is 16.5. The minimum atomic E-state index is 0.622. The first-order chi connectivity index (χ1) is 10.7. The molecule has 0 atom stereocenters. The molecule has 0 unspecified atom stereocenters. The quantitative estimate of drug-likeness (QED) is 0.800. The summed E-state index contributed by atoms with van der Waals surface area (Å²) in [6.07, 6.45) is 0. The van der Waals surface area contributed by atoms with Crippen molar-refractivity contribution in [2.45, 2.75) is 6.92 Å². The minimum Gasteiger partial charge on any atom is -0.493 e. The second kappa shape index (κ2) is 5.89. The van der Waals surface area contributed by atoms with Crippen molar-refractivity contribution >= 4 is 0 Å². The SMILES string of the molecule is COc1ccc(-c2n[nH]c(-c3ccc(C)cc3)n2)cc1OC. The van der Waals surface area contributed by atoms with Crippen molar-refractivity contribution in [1.29, 1.82) is 0 Å². The maximum Gasteiger partial charge on any atom is 0.181 e. The van der Waals surface area contributed by atoms with E-state index in [-0.39, 0.29) is 0 Å². The van der Waals surface area contributed by atoms with Crippen LogP contribution in [0.2, 0.25) is 0 Å². The van der Waals surface area contributed by atoms with Crippen LogP contribution in [0.3, 0.4) is 0 Å². The average Bonchev–Trinajstić information content (AvgIpc) is 3.05. The Labute approximate surface area is 128 Å². The van der Waals surface area contributed by atoms with Crippen LogP contribution >= 0.6 is 0 Å². The highest BCUT2D eigenvalue weighted by Gasteiger charge is 2.11. The molecule has 1 N–H and O–H groups in total. The number of rotatable bonds is 4. The molecule has 22 heavy (non-hydrogen) atoms. The highest BCUT2D eigenvalue weighted by Crippen LogP contribution is 2.31. The molecule has 2 aromatic carbocycles. The van der Waals surface area contributed by atoms with Crippen molar-refractivity contribution in [3.05, 3.63) is 48.0 Å². The Morgan fingerprint density at radius 1 is 0.864 bits per heavy atom. The molecule has 0 saturated heterocycles. The van der Waals surface area contributed by atoms with E-state index in [0.29, 0.717) is 17.3 Å². The molecule has 0 radical (unpaired) electrons. The van der Waals surface area contributed by atoms with Gasteiger partial charge in [-0.1, -0.05) is 29.8 Å². The summed E-state index contributed by atoms with van der Waals surface area (Å²) in [6.45, 7) is 2.05. The summed E-state index contributed by atoms with van der Waals surface area (Å²) in [5, 5.41) is 7.26. The van der Waals surface area contributed by atoms with Gasteiger partial charge in [0.25, 0.3) is 0 Å². The maximum absolute atomic E-state index is 5.31. The predicted octanol–water partition coefficient (Wildman–Crippen LogP) is 3.46. The molecular weight excluding hydrogens is 278 g/mol. The molecule has 0 aliphatic rings. The van der Waals surface area contributed by atoms with Gasteiger partial charge in [-0.2, -0.15) is 5.10 Å². The van der Waals surface area contributed by atoms with E-state index in [1.807, 2.05) is 42.5 Å². The number of aromatic amines is 1. The summed E-state index contributed by atoms with van der Waals surface area (Å²) in [6, 6.07) is 13.8.